The number of hydrogen-bond acceptors (Lipinski definition) is 4. The molecule has 1 fully saturated rings. The molecule has 5 nitrogen and oxygen atoms in total. The fourth-order valence-electron chi connectivity index (χ4n) is 3.19. The van der Waals surface area contributed by atoms with Gasteiger partial charge in [0, 0.05) is 44.0 Å². The van der Waals surface area contributed by atoms with E-state index in [1.54, 1.807) is 24.1 Å². The molecule has 0 radical (unpaired) electrons. The molecule has 0 spiro atoms. The van der Waals surface area contributed by atoms with Crippen LogP contribution in [-0.4, -0.2) is 47.0 Å². The van der Waals surface area contributed by atoms with Crippen molar-refractivity contribution in [2.45, 2.75) is 32.9 Å². The first kappa shape index (κ1) is 20.1. The summed E-state index contributed by atoms with van der Waals surface area (Å²) in [5.74, 6) is 0.735. The van der Waals surface area contributed by atoms with E-state index in [9.17, 15) is 18.0 Å². The number of nitrogens with zero attached hydrogens (tertiary/aromatic N) is 4. The van der Waals surface area contributed by atoms with E-state index in [4.69, 9.17) is 0 Å². The predicted molar refractivity (Wildman–Crippen MR) is 100 cm³/mol. The number of hydrogen-bond donors (Lipinski definition) is 0. The summed E-state index contributed by atoms with van der Waals surface area (Å²) in [6, 6.07) is 5.29. The molecule has 0 unspecified atom stereocenters. The quantitative estimate of drug-likeness (QED) is 0.795. The average Bonchev–Trinajstić information content (AvgIpc) is 2.67. The van der Waals surface area contributed by atoms with Gasteiger partial charge in [-0.2, -0.15) is 13.2 Å². The third-order valence-electron chi connectivity index (χ3n) is 4.85. The van der Waals surface area contributed by atoms with Gasteiger partial charge in [0.2, 0.25) is 0 Å². The van der Waals surface area contributed by atoms with Gasteiger partial charge in [-0.05, 0) is 25.1 Å². The lowest BCUT2D eigenvalue weighted by Gasteiger charge is -2.36. The Morgan fingerprint density at radius 2 is 1.82 bits per heavy atom. The van der Waals surface area contributed by atoms with Gasteiger partial charge >= 0.3 is 6.18 Å². The van der Waals surface area contributed by atoms with Crippen molar-refractivity contribution in [2.24, 2.45) is 0 Å². The van der Waals surface area contributed by atoms with Crippen molar-refractivity contribution in [1.82, 2.24) is 14.9 Å². The van der Waals surface area contributed by atoms with Gasteiger partial charge in [-0.15, -0.1) is 0 Å². The maximum absolute atomic E-state index is 12.9. The fourth-order valence-corrected chi connectivity index (χ4v) is 3.19. The van der Waals surface area contributed by atoms with E-state index in [-0.39, 0.29) is 11.8 Å². The smallest absolute Gasteiger partial charge is 0.368 e. The molecule has 28 heavy (non-hydrogen) atoms. The van der Waals surface area contributed by atoms with E-state index >= 15 is 0 Å². The molecule has 0 N–H and O–H groups in total. The number of rotatable bonds is 3. The van der Waals surface area contributed by atoms with Gasteiger partial charge in [-0.25, -0.2) is 9.97 Å². The van der Waals surface area contributed by atoms with Gasteiger partial charge in [0.15, 0.2) is 0 Å². The van der Waals surface area contributed by atoms with Gasteiger partial charge < -0.3 is 9.80 Å². The summed E-state index contributed by atoms with van der Waals surface area (Å²) < 4.78 is 38.8. The van der Waals surface area contributed by atoms with Crippen LogP contribution >= 0.6 is 0 Å². The Bertz CT molecular complexity index is 859. The van der Waals surface area contributed by atoms with Gasteiger partial charge in [0.25, 0.3) is 5.91 Å². The Hall–Kier alpha value is -2.64. The standard InChI is InChI=1S/C20H23F3N4O/c1-13(2)18-24-12-17(14(3)25-18)19(28)27-9-7-26(8-10-27)16-6-4-5-15(11-16)20(21,22)23/h4-6,11-13H,7-10H2,1-3H3. The molecule has 3 rings (SSSR count). The minimum atomic E-state index is -4.37. The average molecular weight is 392 g/mol. The molecule has 1 aromatic carbocycles. The van der Waals surface area contributed by atoms with Crippen molar-refractivity contribution in [3.05, 3.63) is 53.1 Å². The highest BCUT2D eigenvalue weighted by atomic mass is 19.4. The van der Waals surface area contributed by atoms with Crippen LogP contribution in [0.4, 0.5) is 18.9 Å². The summed E-state index contributed by atoms with van der Waals surface area (Å²) in [6.45, 7) is 7.57. The van der Waals surface area contributed by atoms with Crippen molar-refractivity contribution >= 4 is 11.6 Å². The zero-order chi connectivity index (χ0) is 20.5. The van der Waals surface area contributed by atoms with Crippen LogP contribution in [0.2, 0.25) is 0 Å². The zero-order valence-corrected chi connectivity index (χ0v) is 16.1. The second kappa shape index (κ2) is 7.77. The van der Waals surface area contributed by atoms with Crippen LogP contribution in [0.25, 0.3) is 0 Å². The predicted octanol–water partition coefficient (Wildman–Crippen LogP) is 3.89. The van der Waals surface area contributed by atoms with Crippen molar-refractivity contribution < 1.29 is 18.0 Å². The van der Waals surface area contributed by atoms with Crippen LogP contribution in [0.3, 0.4) is 0 Å². The monoisotopic (exact) mass is 392 g/mol. The second-order valence-corrected chi connectivity index (χ2v) is 7.21. The summed E-state index contributed by atoms with van der Waals surface area (Å²) in [6.07, 6.45) is -2.80. The minimum absolute atomic E-state index is 0.142. The molecule has 0 bridgehead atoms. The molecular weight excluding hydrogens is 369 g/mol. The number of anilines is 1. The Kier molecular flexibility index (Phi) is 5.58. The van der Waals surface area contributed by atoms with Crippen molar-refractivity contribution in [2.75, 3.05) is 31.1 Å². The highest BCUT2D eigenvalue weighted by Crippen LogP contribution is 2.32. The lowest BCUT2D eigenvalue weighted by atomic mass is 10.1. The maximum atomic E-state index is 12.9. The zero-order valence-electron chi connectivity index (χ0n) is 16.1. The molecule has 2 heterocycles. The van der Waals surface area contributed by atoms with Crippen LogP contribution in [0.1, 0.15) is 47.2 Å². The summed E-state index contributed by atoms with van der Waals surface area (Å²) >= 11 is 0. The van der Waals surface area contributed by atoms with E-state index < -0.39 is 11.7 Å². The van der Waals surface area contributed by atoms with E-state index in [2.05, 4.69) is 9.97 Å². The number of carbonyl (C=O) groups excluding carboxylic acids is 1. The molecule has 1 aliphatic rings. The highest BCUT2D eigenvalue weighted by molar-refractivity contribution is 5.95. The Morgan fingerprint density at radius 1 is 1.14 bits per heavy atom. The number of benzene rings is 1. The van der Waals surface area contributed by atoms with Gasteiger partial charge in [0.1, 0.15) is 5.82 Å². The largest absolute Gasteiger partial charge is 0.416 e. The summed E-state index contributed by atoms with van der Waals surface area (Å²) in [5.41, 5.74) is 0.963. The topological polar surface area (TPSA) is 49.3 Å². The number of amides is 1. The van der Waals surface area contributed by atoms with E-state index in [0.717, 1.165) is 12.1 Å². The van der Waals surface area contributed by atoms with Crippen LogP contribution < -0.4 is 4.90 Å². The Balaban J connectivity index is 1.68. The molecule has 0 atom stereocenters. The van der Waals surface area contributed by atoms with E-state index in [1.807, 2.05) is 18.7 Å². The van der Waals surface area contributed by atoms with Crippen LogP contribution in [-0.2, 0) is 6.18 Å². The van der Waals surface area contributed by atoms with Gasteiger partial charge in [-0.3, -0.25) is 4.79 Å². The number of piperazine rings is 1. The first-order valence-electron chi connectivity index (χ1n) is 9.22. The molecule has 0 aliphatic carbocycles. The number of halogens is 3. The van der Waals surface area contributed by atoms with Crippen LogP contribution in [0.15, 0.2) is 30.5 Å². The van der Waals surface area contributed by atoms with Gasteiger partial charge in [-0.1, -0.05) is 19.9 Å². The van der Waals surface area contributed by atoms with E-state index in [1.165, 1.54) is 6.07 Å². The summed E-state index contributed by atoms with van der Waals surface area (Å²) in [5, 5.41) is 0. The normalized spacial score (nSPS) is 15.2. The molecule has 2 aromatic rings. The molecule has 1 saturated heterocycles. The third-order valence-corrected chi connectivity index (χ3v) is 4.85. The van der Waals surface area contributed by atoms with Gasteiger partial charge in [0.05, 0.1) is 16.8 Å². The first-order chi connectivity index (χ1) is 13.2. The molecule has 0 saturated carbocycles. The fraction of sp³-hybridized carbons (Fsp3) is 0.450. The third kappa shape index (κ3) is 4.26. The lowest BCUT2D eigenvalue weighted by molar-refractivity contribution is -0.137. The number of alkyl halides is 3. The molecule has 1 aromatic heterocycles. The SMILES string of the molecule is Cc1nc(C(C)C)ncc1C(=O)N1CCN(c2cccc(C(F)(F)F)c2)CC1. The van der Waals surface area contributed by atoms with Crippen molar-refractivity contribution in [3.63, 3.8) is 0 Å². The second-order valence-electron chi connectivity index (χ2n) is 7.21. The van der Waals surface area contributed by atoms with Crippen LogP contribution in [0.5, 0.6) is 0 Å². The Morgan fingerprint density at radius 3 is 2.39 bits per heavy atom. The minimum Gasteiger partial charge on any atom is -0.368 e. The van der Waals surface area contributed by atoms with Crippen molar-refractivity contribution in [1.29, 1.82) is 0 Å². The van der Waals surface area contributed by atoms with E-state index in [0.29, 0.717) is 48.9 Å². The summed E-state index contributed by atoms with van der Waals surface area (Å²) in [4.78, 5) is 25.1. The first-order valence-corrected chi connectivity index (χ1v) is 9.22. The number of aryl methyl sites for hydroxylation is 1. The molecule has 8 heteroatoms. The lowest BCUT2D eigenvalue weighted by Crippen LogP contribution is -2.49. The number of carbonyl (C=O) groups is 1. The molecular formula is C20H23F3N4O. The summed E-state index contributed by atoms with van der Waals surface area (Å²) in [7, 11) is 0. The Labute approximate surface area is 162 Å². The molecule has 1 aliphatic heterocycles. The molecule has 150 valence electrons. The van der Waals surface area contributed by atoms with Crippen LogP contribution in [0, 0.1) is 6.92 Å². The molecule has 1 amide bonds. The number of aromatic nitrogens is 2. The highest BCUT2D eigenvalue weighted by Gasteiger charge is 2.31. The maximum Gasteiger partial charge on any atom is 0.416 e. The van der Waals surface area contributed by atoms with Crippen molar-refractivity contribution in [3.8, 4) is 0 Å².